The van der Waals surface area contributed by atoms with Crippen LogP contribution in [0.5, 0.6) is 0 Å². The molecule has 0 aliphatic carbocycles. The van der Waals surface area contributed by atoms with Crippen LogP contribution < -0.4 is 10.6 Å². The molecule has 0 atom stereocenters. The van der Waals surface area contributed by atoms with E-state index in [1.165, 1.54) is 42.9 Å². The highest BCUT2D eigenvalue weighted by Gasteiger charge is 2.13. The average molecular weight is 440 g/mol. The molecule has 0 unspecified atom stereocenters. The number of aromatic nitrogens is 3. The molecule has 0 spiro atoms. The van der Waals surface area contributed by atoms with Crippen LogP contribution in [0.2, 0.25) is 5.02 Å². The first-order valence-electron chi connectivity index (χ1n) is 9.03. The van der Waals surface area contributed by atoms with E-state index in [-0.39, 0.29) is 16.5 Å². The van der Waals surface area contributed by atoms with Crippen LogP contribution in [0.1, 0.15) is 16.1 Å². The number of halogens is 2. The van der Waals surface area contributed by atoms with Gasteiger partial charge in [0.1, 0.15) is 17.4 Å². The van der Waals surface area contributed by atoms with Gasteiger partial charge >= 0.3 is 5.97 Å². The summed E-state index contributed by atoms with van der Waals surface area (Å²) in [7, 11) is 0. The normalized spacial score (nSPS) is 10.6. The fourth-order valence-electron chi connectivity index (χ4n) is 2.78. The fourth-order valence-corrected chi connectivity index (χ4v) is 2.96. The summed E-state index contributed by atoms with van der Waals surface area (Å²) in [4.78, 5) is 24.1. The van der Waals surface area contributed by atoms with Gasteiger partial charge in [0.25, 0.3) is 0 Å². The molecule has 4 rings (SSSR count). The summed E-state index contributed by atoms with van der Waals surface area (Å²) in [6.07, 6.45) is 5.88. The summed E-state index contributed by atoms with van der Waals surface area (Å²) < 4.78 is 18.7. The Kier molecular flexibility index (Phi) is 5.76. The van der Waals surface area contributed by atoms with Gasteiger partial charge in [-0.1, -0.05) is 11.6 Å². The summed E-state index contributed by atoms with van der Waals surface area (Å²) in [5.74, 6) is -0.286. The summed E-state index contributed by atoms with van der Waals surface area (Å²) >= 11 is 5.83. The minimum atomic E-state index is -1.09. The number of hydrogen-bond acceptors (Lipinski definition) is 7. The molecule has 0 fully saturated rings. The third-order valence-corrected chi connectivity index (χ3v) is 4.56. The molecule has 0 amide bonds. The van der Waals surface area contributed by atoms with E-state index in [0.29, 0.717) is 34.9 Å². The van der Waals surface area contributed by atoms with Crippen molar-refractivity contribution in [1.29, 1.82) is 0 Å². The van der Waals surface area contributed by atoms with Crippen LogP contribution in [0.3, 0.4) is 0 Å². The highest BCUT2D eigenvalue weighted by molar-refractivity contribution is 6.31. The second-order valence-corrected chi connectivity index (χ2v) is 6.82. The number of nitrogens with zero attached hydrogens (tertiary/aromatic N) is 3. The second-order valence-electron chi connectivity index (χ2n) is 6.41. The molecule has 0 aliphatic heterocycles. The topological polar surface area (TPSA) is 113 Å². The molecule has 3 N–H and O–H groups in total. The van der Waals surface area contributed by atoms with Gasteiger partial charge in [0.2, 0.25) is 5.95 Å². The number of carboxylic acid groups (broad SMARTS) is 1. The third kappa shape index (κ3) is 4.78. The first kappa shape index (κ1) is 20.3. The maximum absolute atomic E-state index is 13.4. The lowest BCUT2D eigenvalue weighted by Gasteiger charge is -2.13. The monoisotopic (exact) mass is 439 g/mol. The number of aromatic carboxylic acids is 1. The van der Waals surface area contributed by atoms with Gasteiger partial charge in [-0.15, -0.1) is 0 Å². The maximum Gasteiger partial charge on any atom is 0.337 e. The number of nitrogens with one attached hydrogen (secondary N) is 2. The zero-order chi connectivity index (χ0) is 21.8. The van der Waals surface area contributed by atoms with E-state index in [2.05, 4.69) is 25.6 Å². The Morgan fingerprint density at radius 2 is 2.06 bits per heavy atom. The number of furan rings is 1. The average Bonchev–Trinajstić information content (AvgIpc) is 3.29. The Hall–Kier alpha value is -3.98. The van der Waals surface area contributed by atoms with Crippen molar-refractivity contribution in [3.63, 3.8) is 0 Å². The van der Waals surface area contributed by atoms with Crippen molar-refractivity contribution < 1.29 is 18.7 Å². The zero-order valence-electron chi connectivity index (χ0n) is 15.8. The lowest BCUT2D eigenvalue weighted by atomic mass is 10.1. The summed E-state index contributed by atoms with van der Waals surface area (Å²) in [6.45, 7) is 0.338. The minimum Gasteiger partial charge on any atom is -0.478 e. The number of rotatable bonds is 7. The van der Waals surface area contributed by atoms with Gasteiger partial charge in [0, 0.05) is 35.4 Å². The van der Waals surface area contributed by atoms with Gasteiger partial charge in [-0.05, 0) is 36.4 Å². The molecule has 31 heavy (non-hydrogen) atoms. The van der Waals surface area contributed by atoms with Crippen LogP contribution in [0, 0.1) is 5.82 Å². The SMILES string of the molecule is O=C(O)c1cncc(-c2cnc(Nc3ccc(F)c(Cl)c3)nc2NCc2ccco2)c1. The number of anilines is 3. The Labute approximate surface area is 180 Å². The minimum absolute atomic E-state index is 0.0330. The molecule has 8 nitrogen and oxygen atoms in total. The molecule has 3 heterocycles. The number of benzene rings is 1. The van der Waals surface area contributed by atoms with Crippen molar-refractivity contribution in [2.75, 3.05) is 10.6 Å². The molecule has 3 aromatic heterocycles. The summed E-state index contributed by atoms with van der Waals surface area (Å²) in [5, 5.41) is 15.4. The Morgan fingerprint density at radius 3 is 2.81 bits per heavy atom. The van der Waals surface area contributed by atoms with Crippen molar-refractivity contribution in [1.82, 2.24) is 15.0 Å². The second kappa shape index (κ2) is 8.80. The lowest BCUT2D eigenvalue weighted by molar-refractivity contribution is 0.0696. The molecule has 0 saturated carbocycles. The van der Waals surface area contributed by atoms with E-state index in [4.69, 9.17) is 16.0 Å². The third-order valence-electron chi connectivity index (χ3n) is 4.27. The largest absolute Gasteiger partial charge is 0.478 e. The van der Waals surface area contributed by atoms with Crippen LogP contribution >= 0.6 is 11.6 Å². The first-order valence-corrected chi connectivity index (χ1v) is 9.41. The fraction of sp³-hybridized carbons (Fsp3) is 0.0476. The Morgan fingerprint density at radius 1 is 1.19 bits per heavy atom. The van der Waals surface area contributed by atoms with Crippen molar-refractivity contribution in [2.24, 2.45) is 0 Å². The molecule has 0 bridgehead atoms. The predicted octanol–water partition coefficient (Wildman–Crippen LogP) is 4.98. The highest BCUT2D eigenvalue weighted by Crippen LogP contribution is 2.29. The van der Waals surface area contributed by atoms with Crippen molar-refractivity contribution in [3.05, 3.63) is 83.4 Å². The van der Waals surface area contributed by atoms with Gasteiger partial charge in [0.15, 0.2) is 0 Å². The molecular weight excluding hydrogens is 425 g/mol. The predicted molar refractivity (Wildman–Crippen MR) is 113 cm³/mol. The lowest BCUT2D eigenvalue weighted by Crippen LogP contribution is -2.06. The summed E-state index contributed by atoms with van der Waals surface area (Å²) in [6, 6.07) is 9.22. The van der Waals surface area contributed by atoms with E-state index in [9.17, 15) is 14.3 Å². The number of hydrogen-bond donors (Lipinski definition) is 3. The van der Waals surface area contributed by atoms with Crippen LogP contribution in [-0.4, -0.2) is 26.0 Å². The van der Waals surface area contributed by atoms with Gasteiger partial charge in [-0.25, -0.2) is 14.2 Å². The van der Waals surface area contributed by atoms with Crippen molar-refractivity contribution >= 4 is 35.0 Å². The molecule has 0 aliphatic rings. The highest BCUT2D eigenvalue weighted by atomic mass is 35.5. The van der Waals surface area contributed by atoms with Gasteiger partial charge < -0.3 is 20.2 Å². The first-order chi connectivity index (χ1) is 15.0. The van der Waals surface area contributed by atoms with Crippen LogP contribution in [0.4, 0.5) is 21.8 Å². The van der Waals surface area contributed by atoms with Crippen LogP contribution in [0.25, 0.3) is 11.1 Å². The molecule has 10 heteroatoms. The van der Waals surface area contributed by atoms with Crippen LogP contribution in [0.15, 0.2) is 65.7 Å². The quantitative estimate of drug-likeness (QED) is 0.369. The molecule has 0 saturated heterocycles. The Bertz CT molecular complexity index is 1230. The number of carboxylic acids is 1. The van der Waals surface area contributed by atoms with Crippen molar-refractivity contribution in [2.45, 2.75) is 6.54 Å². The van der Waals surface area contributed by atoms with E-state index in [0.717, 1.165) is 0 Å². The van der Waals surface area contributed by atoms with Gasteiger partial charge in [-0.3, -0.25) is 4.98 Å². The maximum atomic E-state index is 13.4. The standard InChI is InChI=1S/C21H15ClFN5O3/c22-17-7-14(3-4-18(17)23)27-21-26-11-16(12-6-13(20(29)30)9-24-8-12)19(28-21)25-10-15-2-1-5-31-15/h1-9,11H,10H2,(H,29,30)(H2,25,26,27,28). The molecular formula is C21H15ClFN5O3. The Balaban J connectivity index is 1.68. The van der Waals surface area contributed by atoms with E-state index in [1.54, 1.807) is 18.4 Å². The van der Waals surface area contributed by atoms with Gasteiger partial charge in [0.05, 0.1) is 23.4 Å². The van der Waals surface area contributed by atoms with E-state index in [1.807, 2.05) is 0 Å². The molecule has 0 radical (unpaired) electrons. The van der Waals surface area contributed by atoms with E-state index >= 15 is 0 Å². The number of carbonyl (C=O) groups is 1. The molecule has 156 valence electrons. The smallest absolute Gasteiger partial charge is 0.337 e. The van der Waals surface area contributed by atoms with Gasteiger partial charge in [-0.2, -0.15) is 4.98 Å². The molecule has 1 aromatic carbocycles. The number of pyridine rings is 1. The van der Waals surface area contributed by atoms with E-state index < -0.39 is 11.8 Å². The zero-order valence-corrected chi connectivity index (χ0v) is 16.6. The summed E-state index contributed by atoms with van der Waals surface area (Å²) in [5.41, 5.74) is 1.62. The van der Waals surface area contributed by atoms with Crippen molar-refractivity contribution in [3.8, 4) is 11.1 Å². The molecule has 4 aromatic rings. The van der Waals surface area contributed by atoms with Crippen LogP contribution in [-0.2, 0) is 6.54 Å².